The van der Waals surface area contributed by atoms with Crippen molar-refractivity contribution in [1.82, 2.24) is 0 Å². The van der Waals surface area contributed by atoms with Crippen molar-refractivity contribution >= 4 is 22.7 Å². The molecule has 1 heterocycles. The number of fused-ring (bicyclic) bond motifs is 1. The fourth-order valence-corrected chi connectivity index (χ4v) is 3.29. The third-order valence-electron chi connectivity index (χ3n) is 4.59. The number of benzene rings is 3. The molecule has 3 heteroatoms. The number of hydrogen-bond donors (Lipinski definition) is 1. The summed E-state index contributed by atoms with van der Waals surface area (Å²) >= 11 is 0. The molecule has 0 atom stereocenters. The molecule has 0 amide bonds. The van der Waals surface area contributed by atoms with Crippen molar-refractivity contribution in [2.45, 2.75) is 13.8 Å². The topological polar surface area (TPSA) is 48.2 Å². The summed E-state index contributed by atoms with van der Waals surface area (Å²) in [6.45, 7) is 4.11. The van der Waals surface area contributed by atoms with Crippen molar-refractivity contribution in [1.29, 1.82) is 5.26 Å². The molecule has 3 aromatic rings. The molecule has 0 aromatic heterocycles. The maximum absolute atomic E-state index is 9.90. The molecule has 3 nitrogen and oxygen atoms in total. The molecule has 130 valence electrons. The monoisotopic (exact) mass is 349 g/mol. The number of nitriles is 1. The zero-order chi connectivity index (χ0) is 18.8. The summed E-state index contributed by atoms with van der Waals surface area (Å²) in [6.07, 6.45) is 0. The van der Waals surface area contributed by atoms with Gasteiger partial charge in [-0.2, -0.15) is 5.26 Å². The molecule has 0 unspecified atom stereocenters. The Hall–Kier alpha value is -3.64. The SMILES string of the molecule is Cc1cccc(N=C2/C(=C(\C#N)c3ccccc3)Nc3cc(C)ccc32)c1. The second kappa shape index (κ2) is 6.93. The smallest absolute Gasteiger partial charge is 0.102 e. The summed E-state index contributed by atoms with van der Waals surface area (Å²) < 4.78 is 0. The fourth-order valence-electron chi connectivity index (χ4n) is 3.29. The van der Waals surface area contributed by atoms with Crippen molar-refractivity contribution in [3.8, 4) is 6.07 Å². The molecule has 4 rings (SSSR count). The van der Waals surface area contributed by atoms with Gasteiger partial charge in [-0.1, -0.05) is 54.6 Å². The zero-order valence-corrected chi connectivity index (χ0v) is 15.3. The molecular formula is C24H19N3. The average Bonchev–Trinajstić information content (AvgIpc) is 3.00. The summed E-state index contributed by atoms with van der Waals surface area (Å²) in [5.74, 6) is 0. The molecule has 0 bridgehead atoms. The average molecular weight is 349 g/mol. The second-order valence-electron chi connectivity index (χ2n) is 6.70. The largest absolute Gasteiger partial charge is 0.352 e. The van der Waals surface area contributed by atoms with Crippen LogP contribution in [0.2, 0.25) is 0 Å². The first-order chi connectivity index (χ1) is 13.2. The number of allylic oxidation sites excluding steroid dienone is 2. The summed E-state index contributed by atoms with van der Waals surface area (Å²) in [7, 11) is 0. The van der Waals surface area contributed by atoms with Crippen molar-refractivity contribution in [2.24, 2.45) is 4.99 Å². The number of hydrogen-bond acceptors (Lipinski definition) is 3. The summed E-state index contributed by atoms with van der Waals surface area (Å²) in [5, 5.41) is 13.3. The summed E-state index contributed by atoms with van der Waals surface area (Å²) in [5.41, 5.74) is 8.22. The van der Waals surface area contributed by atoms with E-state index in [1.807, 2.05) is 48.5 Å². The van der Waals surface area contributed by atoms with E-state index in [0.717, 1.165) is 45.0 Å². The molecule has 1 aliphatic heterocycles. The van der Waals surface area contributed by atoms with Crippen LogP contribution in [0.15, 0.2) is 83.5 Å². The van der Waals surface area contributed by atoms with Gasteiger partial charge in [-0.15, -0.1) is 0 Å². The fraction of sp³-hybridized carbons (Fsp3) is 0.0833. The summed E-state index contributed by atoms with van der Waals surface area (Å²) in [6, 6.07) is 26.4. The lowest BCUT2D eigenvalue weighted by molar-refractivity contribution is 1.42. The van der Waals surface area contributed by atoms with Crippen LogP contribution in [0.5, 0.6) is 0 Å². The van der Waals surface area contributed by atoms with E-state index in [4.69, 9.17) is 4.99 Å². The molecular weight excluding hydrogens is 330 g/mol. The van der Waals surface area contributed by atoms with Crippen molar-refractivity contribution < 1.29 is 0 Å². The molecule has 0 radical (unpaired) electrons. The second-order valence-corrected chi connectivity index (χ2v) is 6.70. The Morgan fingerprint density at radius 1 is 0.889 bits per heavy atom. The minimum absolute atomic E-state index is 0.593. The maximum Gasteiger partial charge on any atom is 0.102 e. The van der Waals surface area contributed by atoms with E-state index in [9.17, 15) is 5.26 Å². The van der Waals surface area contributed by atoms with Crippen molar-refractivity contribution in [3.63, 3.8) is 0 Å². The zero-order valence-electron chi connectivity index (χ0n) is 15.3. The molecule has 0 aliphatic carbocycles. The highest BCUT2D eigenvalue weighted by Crippen LogP contribution is 2.35. The maximum atomic E-state index is 9.90. The van der Waals surface area contributed by atoms with Gasteiger partial charge in [0.05, 0.1) is 22.7 Å². The third-order valence-corrected chi connectivity index (χ3v) is 4.59. The Morgan fingerprint density at radius 3 is 2.41 bits per heavy atom. The summed E-state index contributed by atoms with van der Waals surface area (Å²) in [4.78, 5) is 4.91. The van der Waals surface area contributed by atoms with E-state index in [1.54, 1.807) is 0 Å². The number of aliphatic imine (C=N–C) groups is 1. The van der Waals surface area contributed by atoms with Crippen LogP contribution in [0.1, 0.15) is 22.3 Å². The minimum atomic E-state index is 0.593. The quantitative estimate of drug-likeness (QED) is 0.596. The van der Waals surface area contributed by atoms with Crippen LogP contribution in [0.4, 0.5) is 11.4 Å². The van der Waals surface area contributed by atoms with E-state index in [2.05, 4.69) is 49.5 Å². The molecule has 27 heavy (non-hydrogen) atoms. The molecule has 0 saturated heterocycles. The first-order valence-corrected chi connectivity index (χ1v) is 8.89. The highest BCUT2D eigenvalue weighted by molar-refractivity contribution is 6.26. The van der Waals surface area contributed by atoms with Crippen LogP contribution in [-0.2, 0) is 0 Å². The van der Waals surface area contributed by atoms with E-state index < -0.39 is 0 Å². The molecule has 0 fully saturated rings. The van der Waals surface area contributed by atoms with Gasteiger partial charge in [0, 0.05) is 11.3 Å². The minimum Gasteiger partial charge on any atom is -0.352 e. The standard InChI is InChI=1S/C24H19N3/c1-16-7-6-10-19(13-16)26-23-20-12-11-17(2)14-22(20)27-24(23)21(15-25)18-8-4-3-5-9-18/h3-14,27H,1-2H3/b24-21-,26-23?. The van der Waals surface area contributed by atoms with Gasteiger partial charge in [0.15, 0.2) is 0 Å². The molecule has 1 N–H and O–H groups in total. The van der Waals surface area contributed by atoms with E-state index in [0.29, 0.717) is 5.57 Å². The molecule has 3 aromatic carbocycles. The number of rotatable bonds is 2. The number of nitrogens with one attached hydrogen (secondary N) is 1. The van der Waals surface area contributed by atoms with Gasteiger partial charge >= 0.3 is 0 Å². The normalized spacial score (nSPS) is 15.8. The Kier molecular flexibility index (Phi) is 4.32. The number of nitrogens with zero attached hydrogens (tertiary/aromatic N) is 2. The van der Waals surface area contributed by atoms with Gasteiger partial charge in [0.1, 0.15) is 6.07 Å². The Morgan fingerprint density at radius 2 is 1.67 bits per heavy atom. The Balaban J connectivity index is 1.96. The highest BCUT2D eigenvalue weighted by Gasteiger charge is 2.26. The van der Waals surface area contributed by atoms with E-state index >= 15 is 0 Å². The third kappa shape index (κ3) is 3.26. The molecule has 1 aliphatic rings. The first kappa shape index (κ1) is 16.8. The first-order valence-electron chi connectivity index (χ1n) is 8.89. The lowest BCUT2D eigenvalue weighted by Crippen LogP contribution is -2.05. The van der Waals surface area contributed by atoms with Crippen LogP contribution in [0.3, 0.4) is 0 Å². The van der Waals surface area contributed by atoms with Crippen molar-refractivity contribution in [2.75, 3.05) is 5.32 Å². The van der Waals surface area contributed by atoms with Crippen LogP contribution in [-0.4, -0.2) is 5.71 Å². The Labute approximate surface area is 159 Å². The predicted octanol–water partition coefficient (Wildman–Crippen LogP) is 5.78. The lowest BCUT2D eigenvalue weighted by Gasteiger charge is -2.07. The molecule has 0 saturated carbocycles. The van der Waals surface area contributed by atoms with E-state index in [1.165, 1.54) is 0 Å². The van der Waals surface area contributed by atoms with Gasteiger partial charge in [-0.25, -0.2) is 4.99 Å². The van der Waals surface area contributed by atoms with Gasteiger partial charge < -0.3 is 5.32 Å². The van der Waals surface area contributed by atoms with Crippen LogP contribution in [0, 0.1) is 25.2 Å². The van der Waals surface area contributed by atoms with E-state index in [-0.39, 0.29) is 0 Å². The Bertz CT molecular complexity index is 1120. The van der Waals surface area contributed by atoms with Crippen LogP contribution < -0.4 is 5.32 Å². The van der Waals surface area contributed by atoms with Gasteiger partial charge in [-0.3, -0.25) is 0 Å². The highest BCUT2D eigenvalue weighted by atomic mass is 15.0. The van der Waals surface area contributed by atoms with Crippen LogP contribution in [0.25, 0.3) is 5.57 Å². The lowest BCUT2D eigenvalue weighted by atomic mass is 10.0. The molecule has 0 spiro atoms. The van der Waals surface area contributed by atoms with Gasteiger partial charge in [-0.05, 0) is 48.7 Å². The number of aryl methyl sites for hydroxylation is 2. The number of anilines is 1. The van der Waals surface area contributed by atoms with Crippen molar-refractivity contribution in [3.05, 3.63) is 101 Å². The predicted molar refractivity (Wildman–Crippen MR) is 111 cm³/mol. The van der Waals surface area contributed by atoms with Crippen LogP contribution >= 0.6 is 0 Å². The van der Waals surface area contributed by atoms with Gasteiger partial charge in [0.25, 0.3) is 0 Å². The van der Waals surface area contributed by atoms with Gasteiger partial charge in [0.2, 0.25) is 0 Å².